The highest BCUT2D eigenvalue weighted by molar-refractivity contribution is 8.18. The monoisotopic (exact) mass is 469 g/mol. The molecule has 156 valence electrons. The van der Waals surface area contributed by atoms with Crippen LogP contribution < -0.4 is 4.74 Å². The first-order valence-electron chi connectivity index (χ1n) is 9.45. The summed E-state index contributed by atoms with van der Waals surface area (Å²) in [6.07, 6.45) is 1.72. The van der Waals surface area contributed by atoms with Gasteiger partial charge >= 0.3 is 0 Å². The molecule has 0 saturated carbocycles. The van der Waals surface area contributed by atoms with Crippen LogP contribution in [0.25, 0.3) is 6.08 Å². The number of hydrogen-bond acceptors (Lipinski definition) is 4. The highest BCUT2D eigenvalue weighted by Gasteiger charge is 2.34. The summed E-state index contributed by atoms with van der Waals surface area (Å²) in [5.41, 5.74) is 2.67. The zero-order valence-electron chi connectivity index (χ0n) is 16.3. The zero-order valence-corrected chi connectivity index (χ0v) is 18.6. The summed E-state index contributed by atoms with van der Waals surface area (Å²) < 4.78 is 5.78. The SMILES string of the molecule is O=C1SC(=Cc2ccc(OCc3ccc(Cl)cc3)cc2)C(=O)N1Cc1ccc(Cl)cc1. The van der Waals surface area contributed by atoms with Crippen LogP contribution >= 0.6 is 35.0 Å². The van der Waals surface area contributed by atoms with E-state index in [1.165, 1.54) is 4.90 Å². The van der Waals surface area contributed by atoms with E-state index in [2.05, 4.69) is 0 Å². The van der Waals surface area contributed by atoms with E-state index in [-0.39, 0.29) is 17.7 Å². The molecule has 1 saturated heterocycles. The lowest BCUT2D eigenvalue weighted by Crippen LogP contribution is -2.27. The van der Waals surface area contributed by atoms with E-state index in [9.17, 15) is 9.59 Å². The number of benzene rings is 3. The molecule has 4 rings (SSSR count). The van der Waals surface area contributed by atoms with E-state index in [1.54, 1.807) is 30.3 Å². The van der Waals surface area contributed by atoms with Gasteiger partial charge in [-0.3, -0.25) is 14.5 Å². The van der Waals surface area contributed by atoms with Gasteiger partial charge in [-0.25, -0.2) is 0 Å². The molecule has 1 aliphatic rings. The van der Waals surface area contributed by atoms with Crippen LogP contribution in [0.1, 0.15) is 16.7 Å². The van der Waals surface area contributed by atoms with Crippen LogP contribution in [0.3, 0.4) is 0 Å². The lowest BCUT2D eigenvalue weighted by Gasteiger charge is -2.12. The van der Waals surface area contributed by atoms with E-state index in [0.29, 0.717) is 27.3 Å². The molecular weight excluding hydrogens is 453 g/mol. The number of amides is 2. The summed E-state index contributed by atoms with van der Waals surface area (Å²) in [6, 6.07) is 21.9. The number of nitrogens with zero attached hydrogens (tertiary/aromatic N) is 1. The molecule has 3 aromatic rings. The molecule has 0 bridgehead atoms. The van der Waals surface area contributed by atoms with Crippen molar-refractivity contribution in [2.45, 2.75) is 13.2 Å². The van der Waals surface area contributed by atoms with Gasteiger partial charge in [0.05, 0.1) is 11.4 Å². The fourth-order valence-electron chi connectivity index (χ4n) is 2.97. The first-order valence-corrected chi connectivity index (χ1v) is 11.0. The standard InChI is InChI=1S/C24H17Cl2NO3S/c25-19-7-1-17(2-8-19)14-27-23(28)22(31-24(27)29)13-16-5-11-21(12-6-16)30-15-18-3-9-20(26)10-4-18/h1-13H,14-15H2. The summed E-state index contributed by atoms with van der Waals surface area (Å²) in [7, 11) is 0. The van der Waals surface area contributed by atoms with Gasteiger partial charge < -0.3 is 4.74 Å². The Morgan fingerprint density at radius 3 is 2.00 bits per heavy atom. The largest absolute Gasteiger partial charge is 0.489 e. The van der Waals surface area contributed by atoms with Gasteiger partial charge in [0, 0.05) is 10.0 Å². The van der Waals surface area contributed by atoms with Gasteiger partial charge in [-0.1, -0.05) is 59.6 Å². The molecule has 0 spiro atoms. The van der Waals surface area contributed by atoms with Crippen LogP contribution in [-0.4, -0.2) is 16.0 Å². The van der Waals surface area contributed by atoms with Crippen LogP contribution in [-0.2, 0) is 17.9 Å². The van der Waals surface area contributed by atoms with E-state index in [1.807, 2.05) is 48.5 Å². The molecule has 1 fully saturated rings. The van der Waals surface area contributed by atoms with Crippen molar-refractivity contribution in [2.75, 3.05) is 0 Å². The molecule has 31 heavy (non-hydrogen) atoms. The Morgan fingerprint density at radius 1 is 0.806 bits per heavy atom. The lowest BCUT2D eigenvalue weighted by molar-refractivity contribution is -0.123. The molecule has 0 atom stereocenters. The number of rotatable bonds is 6. The third-order valence-corrected chi connectivity index (χ3v) is 6.04. The second kappa shape index (κ2) is 9.60. The van der Waals surface area contributed by atoms with Crippen molar-refractivity contribution < 1.29 is 14.3 Å². The van der Waals surface area contributed by atoms with E-state index < -0.39 is 0 Å². The van der Waals surface area contributed by atoms with Crippen LogP contribution in [0.4, 0.5) is 4.79 Å². The van der Waals surface area contributed by atoms with Gasteiger partial charge in [0.2, 0.25) is 0 Å². The maximum atomic E-state index is 12.7. The summed E-state index contributed by atoms with van der Waals surface area (Å²) in [5.74, 6) is 0.413. The second-order valence-electron chi connectivity index (χ2n) is 6.88. The minimum atomic E-state index is -0.298. The van der Waals surface area contributed by atoms with E-state index in [0.717, 1.165) is 28.5 Å². The first-order chi connectivity index (χ1) is 15.0. The predicted molar refractivity (Wildman–Crippen MR) is 125 cm³/mol. The van der Waals surface area contributed by atoms with Crippen LogP contribution in [0.15, 0.2) is 77.7 Å². The fourth-order valence-corrected chi connectivity index (χ4v) is 4.06. The Kier molecular flexibility index (Phi) is 6.66. The van der Waals surface area contributed by atoms with Gasteiger partial charge in [-0.2, -0.15) is 0 Å². The zero-order chi connectivity index (χ0) is 21.8. The van der Waals surface area contributed by atoms with Crippen molar-refractivity contribution in [2.24, 2.45) is 0 Å². The summed E-state index contributed by atoms with van der Waals surface area (Å²) in [4.78, 5) is 26.7. The second-order valence-corrected chi connectivity index (χ2v) is 8.74. The Balaban J connectivity index is 1.39. The molecule has 3 aromatic carbocycles. The maximum Gasteiger partial charge on any atom is 0.293 e. The van der Waals surface area contributed by atoms with Crippen molar-refractivity contribution in [1.82, 2.24) is 4.90 Å². The summed E-state index contributed by atoms with van der Waals surface area (Å²) in [6.45, 7) is 0.650. The molecule has 7 heteroatoms. The third-order valence-electron chi connectivity index (χ3n) is 4.62. The average molecular weight is 470 g/mol. The maximum absolute atomic E-state index is 12.7. The highest BCUT2D eigenvalue weighted by Crippen LogP contribution is 2.33. The van der Waals surface area contributed by atoms with Crippen molar-refractivity contribution in [3.05, 3.63) is 104 Å². The Bertz CT molecular complexity index is 1130. The van der Waals surface area contributed by atoms with Crippen molar-refractivity contribution in [3.8, 4) is 5.75 Å². The quantitative estimate of drug-likeness (QED) is 0.372. The molecule has 2 amide bonds. The normalized spacial score (nSPS) is 15.0. The van der Waals surface area contributed by atoms with Crippen LogP contribution in [0, 0.1) is 0 Å². The number of ether oxygens (including phenoxy) is 1. The number of thioether (sulfide) groups is 1. The molecule has 0 aromatic heterocycles. The average Bonchev–Trinajstić information content (AvgIpc) is 3.03. The molecule has 1 aliphatic heterocycles. The smallest absolute Gasteiger partial charge is 0.293 e. The number of carbonyl (C=O) groups is 2. The molecule has 0 N–H and O–H groups in total. The lowest BCUT2D eigenvalue weighted by atomic mass is 10.2. The van der Waals surface area contributed by atoms with Gasteiger partial charge in [0.25, 0.3) is 11.1 Å². The van der Waals surface area contributed by atoms with Gasteiger partial charge in [0.1, 0.15) is 12.4 Å². The topological polar surface area (TPSA) is 46.6 Å². The van der Waals surface area contributed by atoms with Gasteiger partial charge in [-0.05, 0) is 70.9 Å². The molecular formula is C24H17Cl2NO3S. The number of carbonyl (C=O) groups excluding carboxylic acids is 2. The predicted octanol–water partition coefficient (Wildman–Crippen LogP) is 6.81. The summed E-state index contributed by atoms with van der Waals surface area (Å²) >= 11 is 12.7. The van der Waals surface area contributed by atoms with E-state index in [4.69, 9.17) is 27.9 Å². The Hall–Kier alpha value is -2.73. The van der Waals surface area contributed by atoms with Crippen molar-refractivity contribution >= 4 is 52.2 Å². The van der Waals surface area contributed by atoms with Crippen molar-refractivity contribution in [3.63, 3.8) is 0 Å². The Morgan fingerprint density at radius 2 is 1.39 bits per heavy atom. The minimum Gasteiger partial charge on any atom is -0.489 e. The number of halogens is 2. The molecule has 4 nitrogen and oxygen atoms in total. The Labute approximate surface area is 194 Å². The third kappa shape index (κ3) is 5.50. The molecule has 0 unspecified atom stereocenters. The van der Waals surface area contributed by atoms with Gasteiger partial charge in [-0.15, -0.1) is 0 Å². The molecule has 0 aliphatic carbocycles. The van der Waals surface area contributed by atoms with Gasteiger partial charge in [0.15, 0.2) is 0 Å². The highest BCUT2D eigenvalue weighted by atomic mass is 35.5. The fraction of sp³-hybridized carbons (Fsp3) is 0.0833. The first kappa shape index (κ1) is 21.5. The molecule has 0 radical (unpaired) electrons. The number of hydrogen-bond donors (Lipinski definition) is 0. The number of imide groups is 1. The summed E-state index contributed by atoms with van der Waals surface area (Å²) in [5, 5.41) is 1.01. The molecule has 1 heterocycles. The van der Waals surface area contributed by atoms with Crippen molar-refractivity contribution in [1.29, 1.82) is 0 Å². The van der Waals surface area contributed by atoms with Crippen LogP contribution in [0.5, 0.6) is 5.75 Å². The minimum absolute atomic E-state index is 0.219. The van der Waals surface area contributed by atoms with E-state index >= 15 is 0 Å². The van der Waals surface area contributed by atoms with Crippen LogP contribution in [0.2, 0.25) is 10.0 Å².